The summed E-state index contributed by atoms with van der Waals surface area (Å²) in [4.78, 5) is 23.5. The van der Waals surface area contributed by atoms with Crippen molar-refractivity contribution in [2.75, 3.05) is 6.54 Å². The Morgan fingerprint density at radius 3 is 2.88 bits per heavy atom. The molecule has 6 nitrogen and oxygen atoms in total. The van der Waals surface area contributed by atoms with Gasteiger partial charge in [-0.15, -0.1) is 0 Å². The summed E-state index contributed by atoms with van der Waals surface area (Å²) < 4.78 is 7.95. The number of ether oxygens (including phenoxy) is 1. The van der Waals surface area contributed by atoms with E-state index in [1.54, 1.807) is 6.20 Å². The third-order valence-electron chi connectivity index (χ3n) is 5.90. The molecule has 1 amide bonds. The second-order valence-corrected chi connectivity index (χ2v) is 8.42. The van der Waals surface area contributed by atoms with E-state index in [2.05, 4.69) is 11.6 Å². The number of amides is 1. The van der Waals surface area contributed by atoms with Gasteiger partial charge in [0.1, 0.15) is 18.2 Å². The lowest BCUT2D eigenvalue weighted by Crippen LogP contribution is -2.29. The molecule has 7 heteroatoms. The summed E-state index contributed by atoms with van der Waals surface area (Å²) in [6, 6.07) is 15.4. The fourth-order valence-corrected chi connectivity index (χ4v) is 4.54. The molecule has 1 fully saturated rings. The van der Waals surface area contributed by atoms with Crippen LogP contribution in [-0.2, 0) is 11.4 Å². The Morgan fingerprint density at radius 2 is 2.09 bits per heavy atom. The van der Waals surface area contributed by atoms with Crippen LogP contribution < -0.4 is 4.74 Å². The summed E-state index contributed by atoms with van der Waals surface area (Å²) in [6.07, 6.45) is 8.64. The number of imidazole rings is 1. The number of hydrogen-bond donors (Lipinski definition) is 0. The van der Waals surface area contributed by atoms with E-state index in [1.165, 1.54) is 6.08 Å². The monoisotopic (exact) mass is 458 g/mol. The topological polar surface area (TPSA) is 59.7 Å². The normalized spacial score (nSPS) is 15.7. The fraction of sp³-hybridized carbons (Fsp3) is 0.192. The minimum Gasteiger partial charge on any atom is -0.489 e. The Bertz CT molecular complexity index is 1320. The Hall–Kier alpha value is -3.64. The van der Waals surface area contributed by atoms with Crippen LogP contribution in [0.1, 0.15) is 30.3 Å². The van der Waals surface area contributed by atoms with Crippen LogP contribution in [-0.4, -0.2) is 31.7 Å². The van der Waals surface area contributed by atoms with E-state index in [-0.39, 0.29) is 11.9 Å². The second kappa shape index (κ2) is 9.08. The van der Waals surface area contributed by atoms with E-state index in [1.807, 2.05) is 70.2 Å². The van der Waals surface area contributed by atoms with Crippen LogP contribution in [0.4, 0.5) is 0 Å². The Morgan fingerprint density at radius 1 is 1.24 bits per heavy atom. The third kappa shape index (κ3) is 4.22. The zero-order chi connectivity index (χ0) is 22.8. The molecule has 3 heterocycles. The summed E-state index contributed by atoms with van der Waals surface area (Å²) in [5, 5.41) is 0.693. The molecule has 33 heavy (non-hydrogen) atoms. The molecule has 1 aliphatic heterocycles. The highest BCUT2D eigenvalue weighted by molar-refractivity contribution is 6.30. The van der Waals surface area contributed by atoms with Gasteiger partial charge in [0.25, 0.3) is 0 Å². The molecule has 0 saturated carbocycles. The van der Waals surface area contributed by atoms with E-state index in [0.29, 0.717) is 18.2 Å². The molecule has 0 spiro atoms. The summed E-state index contributed by atoms with van der Waals surface area (Å²) in [5.74, 6) is 1.54. The Balaban J connectivity index is 1.43. The van der Waals surface area contributed by atoms with Gasteiger partial charge in [0.15, 0.2) is 0 Å². The van der Waals surface area contributed by atoms with Gasteiger partial charge >= 0.3 is 0 Å². The van der Waals surface area contributed by atoms with Gasteiger partial charge in [-0.2, -0.15) is 0 Å². The van der Waals surface area contributed by atoms with Crippen molar-refractivity contribution in [2.45, 2.75) is 25.5 Å². The molecule has 0 aliphatic carbocycles. The molecule has 166 valence electrons. The summed E-state index contributed by atoms with van der Waals surface area (Å²) in [6.45, 7) is 4.80. The van der Waals surface area contributed by atoms with Crippen molar-refractivity contribution >= 4 is 23.0 Å². The minimum atomic E-state index is -0.0838. The number of carbonyl (C=O) groups is 1. The lowest BCUT2D eigenvalue weighted by molar-refractivity contribution is -0.127. The van der Waals surface area contributed by atoms with Crippen LogP contribution in [0.15, 0.2) is 79.8 Å². The first-order valence-corrected chi connectivity index (χ1v) is 11.2. The van der Waals surface area contributed by atoms with Gasteiger partial charge in [-0.3, -0.25) is 14.2 Å². The fourth-order valence-electron chi connectivity index (χ4n) is 4.33. The highest BCUT2D eigenvalue weighted by Gasteiger charge is 2.32. The van der Waals surface area contributed by atoms with E-state index in [0.717, 1.165) is 46.8 Å². The van der Waals surface area contributed by atoms with E-state index < -0.39 is 0 Å². The van der Waals surface area contributed by atoms with E-state index in [4.69, 9.17) is 21.3 Å². The maximum absolute atomic E-state index is 12.4. The van der Waals surface area contributed by atoms with Crippen molar-refractivity contribution in [1.82, 2.24) is 19.3 Å². The maximum Gasteiger partial charge on any atom is 0.246 e. The molecule has 1 unspecified atom stereocenters. The average molecular weight is 459 g/mol. The number of nitrogens with zero attached hydrogens (tertiary/aromatic N) is 4. The molecular formula is C26H23ClN4O2. The first kappa shape index (κ1) is 21.2. The van der Waals surface area contributed by atoms with Gasteiger partial charge < -0.3 is 9.64 Å². The molecule has 0 N–H and O–H groups in total. The second-order valence-electron chi connectivity index (χ2n) is 7.99. The smallest absolute Gasteiger partial charge is 0.246 e. The number of halogens is 1. The SMILES string of the molecule is C=CC(=O)N1CCCC1c1nc(-c2ccc(OCc3cccc(Cl)c3)cc2)c2cnccn12. The molecule has 1 atom stereocenters. The number of likely N-dealkylation sites (tertiary alicyclic amines) is 1. The number of rotatable bonds is 6. The highest BCUT2D eigenvalue weighted by Crippen LogP contribution is 2.35. The van der Waals surface area contributed by atoms with E-state index in [9.17, 15) is 4.79 Å². The van der Waals surface area contributed by atoms with Crippen molar-refractivity contribution in [1.29, 1.82) is 0 Å². The minimum absolute atomic E-state index is 0.0638. The zero-order valence-electron chi connectivity index (χ0n) is 18.0. The standard InChI is InChI=1S/C26H23ClN4O2/c1-2-24(32)30-13-4-7-22(30)26-29-25(23-16-28-12-14-31(23)26)19-8-10-21(11-9-19)33-17-18-5-3-6-20(27)15-18/h2-3,5-6,8-12,14-16,22H,1,4,7,13,17H2. The number of fused-ring (bicyclic) bond motifs is 1. The molecule has 2 aromatic heterocycles. The molecule has 1 aliphatic rings. The molecule has 4 aromatic rings. The predicted octanol–water partition coefficient (Wildman–Crippen LogP) is 5.48. The van der Waals surface area contributed by atoms with Crippen molar-refractivity contribution in [2.24, 2.45) is 0 Å². The lowest BCUT2D eigenvalue weighted by Gasteiger charge is -2.22. The van der Waals surface area contributed by atoms with Gasteiger partial charge in [0, 0.05) is 29.5 Å². The van der Waals surface area contributed by atoms with Gasteiger partial charge in [-0.1, -0.05) is 30.3 Å². The molecule has 2 aromatic carbocycles. The van der Waals surface area contributed by atoms with E-state index >= 15 is 0 Å². The zero-order valence-corrected chi connectivity index (χ0v) is 18.8. The van der Waals surface area contributed by atoms with Gasteiger partial charge in [-0.25, -0.2) is 4.98 Å². The van der Waals surface area contributed by atoms with Gasteiger partial charge in [0.05, 0.1) is 23.4 Å². The molecule has 0 radical (unpaired) electrons. The highest BCUT2D eigenvalue weighted by atomic mass is 35.5. The number of hydrogen-bond acceptors (Lipinski definition) is 4. The van der Waals surface area contributed by atoms with Crippen molar-refractivity contribution < 1.29 is 9.53 Å². The molecule has 5 rings (SSSR count). The molecular weight excluding hydrogens is 436 g/mol. The van der Waals surface area contributed by atoms with Crippen molar-refractivity contribution in [3.8, 4) is 17.0 Å². The number of benzene rings is 2. The third-order valence-corrected chi connectivity index (χ3v) is 6.14. The Labute approximate surface area is 197 Å². The van der Waals surface area contributed by atoms with Gasteiger partial charge in [0.2, 0.25) is 5.91 Å². The summed E-state index contributed by atoms with van der Waals surface area (Å²) >= 11 is 6.05. The summed E-state index contributed by atoms with van der Waals surface area (Å²) in [5.41, 5.74) is 3.70. The first-order chi connectivity index (χ1) is 16.1. The summed E-state index contributed by atoms with van der Waals surface area (Å²) in [7, 11) is 0. The quantitative estimate of drug-likeness (QED) is 0.359. The average Bonchev–Trinajstić information content (AvgIpc) is 3.48. The van der Waals surface area contributed by atoms with Crippen LogP contribution >= 0.6 is 11.6 Å². The van der Waals surface area contributed by atoms with Crippen LogP contribution in [0.2, 0.25) is 5.02 Å². The molecule has 0 bridgehead atoms. The van der Waals surface area contributed by atoms with Crippen LogP contribution in [0.3, 0.4) is 0 Å². The van der Waals surface area contributed by atoms with Crippen LogP contribution in [0.25, 0.3) is 16.8 Å². The number of aromatic nitrogens is 3. The largest absolute Gasteiger partial charge is 0.489 e. The number of carbonyl (C=O) groups excluding carboxylic acids is 1. The predicted molar refractivity (Wildman–Crippen MR) is 128 cm³/mol. The van der Waals surface area contributed by atoms with Crippen molar-refractivity contribution in [3.05, 3.63) is 96.2 Å². The van der Waals surface area contributed by atoms with Crippen LogP contribution in [0.5, 0.6) is 5.75 Å². The maximum atomic E-state index is 12.4. The van der Waals surface area contributed by atoms with Crippen LogP contribution in [0, 0.1) is 0 Å². The Kier molecular flexibility index (Phi) is 5.84. The first-order valence-electron chi connectivity index (χ1n) is 10.9. The molecule has 1 saturated heterocycles. The van der Waals surface area contributed by atoms with Gasteiger partial charge in [-0.05, 0) is 60.9 Å². The van der Waals surface area contributed by atoms with Crippen molar-refractivity contribution in [3.63, 3.8) is 0 Å². The lowest BCUT2D eigenvalue weighted by atomic mass is 10.1.